The van der Waals surface area contributed by atoms with Crippen LogP contribution in [-0.2, 0) is 13.1 Å². The van der Waals surface area contributed by atoms with E-state index in [2.05, 4.69) is 53.5 Å². The van der Waals surface area contributed by atoms with E-state index in [9.17, 15) is 0 Å². The summed E-state index contributed by atoms with van der Waals surface area (Å²) in [5.74, 6) is 0.875. The van der Waals surface area contributed by atoms with E-state index in [1.54, 1.807) is 0 Å². The van der Waals surface area contributed by atoms with Gasteiger partial charge in [-0.05, 0) is 64.1 Å². The van der Waals surface area contributed by atoms with Crippen molar-refractivity contribution in [3.8, 4) is 0 Å². The Bertz CT molecular complexity index is 380. The van der Waals surface area contributed by atoms with Gasteiger partial charge in [0.15, 0.2) is 0 Å². The smallest absolute Gasteiger partial charge is 0.0230 e. The number of hydrogen-bond donors (Lipinski definition) is 1. The van der Waals surface area contributed by atoms with Gasteiger partial charge in [0.2, 0.25) is 0 Å². The van der Waals surface area contributed by atoms with Crippen molar-refractivity contribution in [3.05, 3.63) is 35.4 Å². The second-order valence-electron chi connectivity index (χ2n) is 6.29. The van der Waals surface area contributed by atoms with Crippen molar-refractivity contribution < 1.29 is 0 Å². The van der Waals surface area contributed by atoms with Gasteiger partial charge in [0.25, 0.3) is 0 Å². The molecule has 2 rings (SSSR count). The average Bonchev–Trinajstić information content (AvgIpc) is 2.44. The lowest BCUT2D eigenvalue weighted by Crippen LogP contribution is -2.35. The fourth-order valence-corrected chi connectivity index (χ4v) is 3.03. The minimum Gasteiger partial charge on any atom is -0.316 e. The minimum absolute atomic E-state index is 0.875. The third-order valence-electron chi connectivity index (χ3n) is 4.26. The first-order valence-electron chi connectivity index (χ1n) is 7.77. The Hall–Kier alpha value is -0.900. The Morgan fingerprint density at radius 1 is 1.15 bits per heavy atom. The number of nitrogens with zero attached hydrogens (tertiary/aromatic N) is 2. The van der Waals surface area contributed by atoms with Crippen molar-refractivity contribution in [2.75, 3.05) is 40.8 Å². The summed E-state index contributed by atoms with van der Waals surface area (Å²) in [6.07, 6.45) is 2.70. The van der Waals surface area contributed by atoms with Crippen LogP contribution in [0.1, 0.15) is 24.0 Å². The first-order chi connectivity index (χ1) is 9.67. The van der Waals surface area contributed by atoms with Gasteiger partial charge in [-0.25, -0.2) is 0 Å². The highest BCUT2D eigenvalue weighted by Gasteiger charge is 2.17. The number of hydrogen-bond acceptors (Lipinski definition) is 3. The van der Waals surface area contributed by atoms with Crippen molar-refractivity contribution in [2.24, 2.45) is 5.92 Å². The van der Waals surface area contributed by atoms with Crippen LogP contribution < -0.4 is 5.32 Å². The molecule has 1 saturated heterocycles. The van der Waals surface area contributed by atoms with Gasteiger partial charge in [-0.1, -0.05) is 24.3 Å². The van der Waals surface area contributed by atoms with Crippen LogP contribution >= 0.6 is 0 Å². The average molecular weight is 275 g/mol. The molecule has 1 aromatic carbocycles. The van der Waals surface area contributed by atoms with Gasteiger partial charge in [0, 0.05) is 19.6 Å². The van der Waals surface area contributed by atoms with Gasteiger partial charge >= 0.3 is 0 Å². The van der Waals surface area contributed by atoms with Gasteiger partial charge in [0.05, 0.1) is 0 Å². The molecule has 3 heteroatoms. The molecule has 1 aliphatic rings. The van der Waals surface area contributed by atoms with Gasteiger partial charge in [-0.15, -0.1) is 0 Å². The highest BCUT2D eigenvalue weighted by Crippen LogP contribution is 2.17. The number of likely N-dealkylation sites (tertiary alicyclic amines) is 1. The second kappa shape index (κ2) is 7.77. The maximum atomic E-state index is 3.19. The molecule has 112 valence electrons. The molecule has 1 aliphatic heterocycles. The maximum absolute atomic E-state index is 3.19. The summed E-state index contributed by atoms with van der Waals surface area (Å²) in [6, 6.07) is 8.99. The highest BCUT2D eigenvalue weighted by atomic mass is 15.1. The van der Waals surface area contributed by atoms with Gasteiger partial charge in [-0.3, -0.25) is 0 Å². The van der Waals surface area contributed by atoms with E-state index in [4.69, 9.17) is 0 Å². The predicted molar refractivity (Wildman–Crippen MR) is 85.8 cm³/mol. The summed E-state index contributed by atoms with van der Waals surface area (Å²) >= 11 is 0. The van der Waals surface area contributed by atoms with Crippen LogP contribution in [0, 0.1) is 5.92 Å². The summed E-state index contributed by atoms with van der Waals surface area (Å²) < 4.78 is 0. The highest BCUT2D eigenvalue weighted by molar-refractivity contribution is 5.22. The van der Waals surface area contributed by atoms with Crippen molar-refractivity contribution >= 4 is 0 Å². The monoisotopic (exact) mass is 275 g/mol. The first kappa shape index (κ1) is 15.5. The Morgan fingerprint density at radius 2 is 1.75 bits per heavy atom. The third kappa shape index (κ3) is 4.89. The summed E-state index contributed by atoms with van der Waals surface area (Å²) in [5.41, 5.74) is 2.77. The van der Waals surface area contributed by atoms with E-state index in [1.807, 2.05) is 7.05 Å². The fourth-order valence-electron chi connectivity index (χ4n) is 3.03. The van der Waals surface area contributed by atoms with Crippen LogP contribution in [0.15, 0.2) is 24.3 Å². The molecule has 0 spiro atoms. The largest absolute Gasteiger partial charge is 0.316 e. The van der Waals surface area contributed by atoms with Gasteiger partial charge in [0.1, 0.15) is 0 Å². The Balaban J connectivity index is 1.77. The predicted octanol–water partition coefficient (Wildman–Crippen LogP) is 2.18. The van der Waals surface area contributed by atoms with E-state index < -0.39 is 0 Å². The van der Waals surface area contributed by atoms with Gasteiger partial charge < -0.3 is 15.1 Å². The summed E-state index contributed by atoms with van der Waals surface area (Å²) in [7, 11) is 6.47. The standard InChI is InChI=1S/C17H29N3/c1-18-12-15-4-6-16(7-5-15)13-20(3)14-17-8-10-19(2)11-9-17/h4-7,17-18H,8-14H2,1-3H3. The third-order valence-corrected chi connectivity index (χ3v) is 4.26. The van der Waals surface area contributed by atoms with E-state index >= 15 is 0 Å². The number of rotatable bonds is 6. The van der Waals surface area contributed by atoms with E-state index in [1.165, 1.54) is 43.6 Å². The Morgan fingerprint density at radius 3 is 2.35 bits per heavy atom. The van der Waals surface area contributed by atoms with Crippen molar-refractivity contribution in [1.29, 1.82) is 0 Å². The van der Waals surface area contributed by atoms with Crippen LogP contribution in [0.5, 0.6) is 0 Å². The van der Waals surface area contributed by atoms with Crippen LogP contribution in [0.4, 0.5) is 0 Å². The van der Waals surface area contributed by atoms with Crippen LogP contribution in [0.25, 0.3) is 0 Å². The molecular weight excluding hydrogens is 246 g/mol. The van der Waals surface area contributed by atoms with E-state index in [0.717, 1.165) is 19.0 Å². The molecule has 0 unspecified atom stereocenters. The molecule has 0 aliphatic carbocycles. The Labute approximate surface area is 124 Å². The number of benzene rings is 1. The SMILES string of the molecule is CNCc1ccc(CN(C)CC2CCN(C)CC2)cc1. The van der Waals surface area contributed by atoms with Crippen molar-refractivity contribution in [1.82, 2.24) is 15.1 Å². The summed E-state index contributed by atoms with van der Waals surface area (Å²) in [6.45, 7) is 5.76. The van der Waals surface area contributed by atoms with Crippen molar-refractivity contribution in [2.45, 2.75) is 25.9 Å². The Kier molecular flexibility index (Phi) is 6.02. The first-order valence-corrected chi connectivity index (χ1v) is 7.77. The summed E-state index contributed by atoms with van der Waals surface area (Å²) in [4.78, 5) is 4.92. The molecular formula is C17H29N3. The second-order valence-corrected chi connectivity index (χ2v) is 6.29. The minimum atomic E-state index is 0.875. The molecule has 0 aromatic heterocycles. The van der Waals surface area contributed by atoms with Crippen LogP contribution in [0.2, 0.25) is 0 Å². The summed E-state index contributed by atoms with van der Waals surface area (Å²) in [5, 5.41) is 3.19. The van der Waals surface area contributed by atoms with Crippen LogP contribution in [0.3, 0.4) is 0 Å². The quantitative estimate of drug-likeness (QED) is 0.858. The zero-order chi connectivity index (χ0) is 14.4. The normalized spacial score (nSPS) is 17.8. The molecule has 0 radical (unpaired) electrons. The number of nitrogens with one attached hydrogen (secondary N) is 1. The fraction of sp³-hybridized carbons (Fsp3) is 0.647. The molecule has 0 amide bonds. The lowest BCUT2D eigenvalue weighted by molar-refractivity contribution is 0.173. The van der Waals surface area contributed by atoms with E-state index in [0.29, 0.717) is 0 Å². The molecule has 1 N–H and O–H groups in total. The molecule has 1 aromatic rings. The molecule has 20 heavy (non-hydrogen) atoms. The van der Waals surface area contributed by atoms with Crippen molar-refractivity contribution in [3.63, 3.8) is 0 Å². The zero-order valence-electron chi connectivity index (χ0n) is 13.2. The van der Waals surface area contributed by atoms with Gasteiger partial charge in [-0.2, -0.15) is 0 Å². The number of piperidine rings is 1. The molecule has 1 heterocycles. The maximum Gasteiger partial charge on any atom is 0.0230 e. The van der Waals surface area contributed by atoms with E-state index in [-0.39, 0.29) is 0 Å². The molecule has 0 bridgehead atoms. The molecule has 3 nitrogen and oxygen atoms in total. The topological polar surface area (TPSA) is 18.5 Å². The van der Waals surface area contributed by atoms with Crippen LogP contribution in [-0.4, -0.2) is 50.6 Å². The lowest BCUT2D eigenvalue weighted by atomic mass is 9.96. The molecule has 0 atom stereocenters. The lowest BCUT2D eigenvalue weighted by Gasteiger charge is -2.31. The molecule has 0 saturated carbocycles. The molecule has 1 fully saturated rings. The zero-order valence-corrected chi connectivity index (χ0v) is 13.2.